The molecule has 1 atom stereocenters. The summed E-state index contributed by atoms with van der Waals surface area (Å²) < 4.78 is 39.0. The van der Waals surface area contributed by atoms with E-state index in [0.29, 0.717) is 16.5 Å². The lowest BCUT2D eigenvalue weighted by molar-refractivity contribution is 0.443. The molecule has 25 heavy (non-hydrogen) atoms. The summed E-state index contributed by atoms with van der Waals surface area (Å²) in [6, 6.07) is 13.8. The predicted octanol–water partition coefficient (Wildman–Crippen LogP) is 4.27. The zero-order valence-corrected chi connectivity index (χ0v) is 15.9. The molecule has 0 heterocycles. The second kappa shape index (κ2) is 7.70. The fourth-order valence-electron chi connectivity index (χ4n) is 3.28. The van der Waals surface area contributed by atoms with Gasteiger partial charge in [-0.3, -0.25) is 8.93 Å². The molecular weight excluding hydrogens is 354 g/mol. The van der Waals surface area contributed by atoms with Gasteiger partial charge in [0.15, 0.2) is 0 Å². The second-order valence-corrected chi connectivity index (χ2v) is 9.55. The standard InChI is InChI=1S/C19H23NO3S2/c1-24(21)18-11-9-17(10-12-18)20-25(22,23)19-13-7-16(8-14-19)15-5-3-2-4-6-15/h7-15,20H,2-6H2,1H3/t24-/m1/s1. The van der Waals surface area contributed by atoms with Gasteiger partial charge in [-0.2, -0.15) is 0 Å². The molecule has 1 N–H and O–H groups in total. The zero-order valence-electron chi connectivity index (χ0n) is 14.3. The molecule has 0 amide bonds. The summed E-state index contributed by atoms with van der Waals surface area (Å²) in [4.78, 5) is 0.926. The van der Waals surface area contributed by atoms with Crippen LogP contribution < -0.4 is 4.72 Å². The van der Waals surface area contributed by atoms with Gasteiger partial charge in [-0.25, -0.2) is 8.42 Å². The Balaban J connectivity index is 1.74. The fourth-order valence-corrected chi connectivity index (χ4v) is 4.86. The summed E-state index contributed by atoms with van der Waals surface area (Å²) in [5.41, 5.74) is 1.69. The topological polar surface area (TPSA) is 63.2 Å². The van der Waals surface area contributed by atoms with Crippen molar-refractivity contribution in [2.75, 3.05) is 11.0 Å². The molecule has 0 aromatic heterocycles. The van der Waals surface area contributed by atoms with Crippen LogP contribution in [0.3, 0.4) is 0 Å². The van der Waals surface area contributed by atoms with Crippen molar-refractivity contribution in [2.45, 2.75) is 47.8 Å². The monoisotopic (exact) mass is 377 g/mol. The van der Waals surface area contributed by atoms with Crippen molar-refractivity contribution < 1.29 is 12.6 Å². The number of sulfonamides is 1. The Morgan fingerprint density at radius 2 is 1.52 bits per heavy atom. The zero-order chi connectivity index (χ0) is 17.9. The highest BCUT2D eigenvalue weighted by Gasteiger charge is 2.18. The van der Waals surface area contributed by atoms with Gasteiger partial charge in [0.1, 0.15) is 0 Å². The van der Waals surface area contributed by atoms with Gasteiger partial charge < -0.3 is 0 Å². The van der Waals surface area contributed by atoms with Crippen molar-refractivity contribution in [3.8, 4) is 0 Å². The highest BCUT2D eigenvalue weighted by atomic mass is 32.2. The molecule has 3 rings (SSSR count). The van der Waals surface area contributed by atoms with Crippen LogP contribution in [0.2, 0.25) is 0 Å². The van der Waals surface area contributed by atoms with Crippen LogP contribution in [0.1, 0.15) is 43.6 Å². The highest BCUT2D eigenvalue weighted by Crippen LogP contribution is 2.33. The first-order valence-electron chi connectivity index (χ1n) is 8.52. The summed E-state index contributed by atoms with van der Waals surface area (Å²) in [6.07, 6.45) is 7.78. The van der Waals surface area contributed by atoms with E-state index >= 15 is 0 Å². The number of rotatable bonds is 5. The average molecular weight is 378 g/mol. The van der Waals surface area contributed by atoms with E-state index in [1.54, 1.807) is 42.7 Å². The molecule has 134 valence electrons. The molecule has 4 nitrogen and oxygen atoms in total. The van der Waals surface area contributed by atoms with Gasteiger partial charge in [-0.1, -0.05) is 31.4 Å². The number of hydrogen-bond acceptors (Lipinski definition) is 3. The summed E-state index contributed by atoms with van der Waals surface area (Å²) in [5.74, 6) is 0.556. The van der Waals surface area contributed by atoms with Crippen LogP contribution >= 0.6 is 0 Å². The third-order valence-electron chi connectivity index (χ3n) is 4.71. The van der Waals surface area contributed by atoms with Gasteiger partial charge in [0.05, 0.1) is 4.90 Å². The average Bonchev–Trinajstić information content (AvgIpc) is 2.63. The maximum atomic E-state index is 12.5. The van der Waals surface area contributed by atoms with E-state index < -0.39 is 20.8 Å². The van der Waals surface area contributed by atoms with Crippen molar-refractivity contribution in [1.82, 2.24) is 0 Å². The molecule has 6 heteroatoms. The molecule has 0 bridgehead atoms. The molecule has 0 spiro atoms. The van der Waals surface area contributed by atoms with Gasteiger partial charge in [0.25, 0.3) is 10.0 Å². The summed E-state index contributed by atoms with van der Waals surface area (Å²) in [7, 11) is -4.70. The normalized spacial score (nSPS) is 17.2. The molecule has 2 aromatic rings. The van der Waals surface area contributed by atoms with E-state index in [1.807, 2.05) is 12.1 Å². The van der Waals surface area contributed by atoms with Crippen LogP contribution in [0.5, 0.6) is 0 Å². The quantitative estimate of drug-likeness (QED) is 0.846. The second-order valence-electron chi connectivity index (χ2n) is 6.49. The highest BCUT2D eigenvalue weighted by molar-refractivity contribution is 7.92. The van der Waals surface area contributed by atoms with E-state index in [4.69, 9.17) is 0 Å². The van der Waals surface area contributed by atoms with Crippen LogP contribution in [-0.2, 0) is 20.8 Å². The van der Waals surface area contributed by atoms with Gasteiger partial charge in [-0.15, -0.1) is 0 Å². The summed E-state index contributed by atoms with van der Waals surface area (Å²) in [6.45, 7) is 0. The van der Waals surface area contributed by atoms with Crippen molar-refractivity contribution in [3.63, 3.8) is 0 Å². The smallest absolute Gasteiger partial charge is 0.261 e. The van der Waals surface area contributed by atoms with E-state index in [2.05, 4.69) is 4.72 Å². The van der Waals surface area contributed by atoms with Crippen molar-refractivity contribution >= 4 is 26.5 Å². The lowest BCUT2D eigenvalue weighted by atomic mass is 9.84. The van der Waals surface area contributed by atoms with Crippen molar-refractivity contribution in [1.29, 1.82) is 0 Å². The first kappa shape index (κ1) is 18.1. The van der Waals surface area contributed by atoms with Crippen LogP contribution in [0, 0.1) is 0 Å². The maximum Gasteiger partial charge on any atom is 0.261 e. The van der Waals surface area contributed by atoms with E-state index in [0.717, 1.165) is 0 Å². The SMILES string of the molecule is C[S@@](=O)c1ccc(NS(=O)(=O)c2ccc(C3CCCCC3)cc2)cc1. The lowest BCUT2D eigenvalue weighted by Crippen LogP contribution is -2.13. The number of benzene rings is 2. The Morgan fingerprint density at radius 1 is 0.920 bits per heavy atom. The first-order chi connectivity index (χ1) is 12.0. The van der Waals surface area contributed by atoms with E-state index in [1.165, 1.54) is 37.7 Å². The Kier molecular flexibility index (Phi) is 5.59. The van der Waals surface area contributed by atoms with E-state index in [9.17, 15) is 12.6 Å². The fraction of sp³-hybridized carbons (Fsp3) is 0.368. The largest absolute Gasteiger partial charge is 0.280 e. The molecule has 1 aliphatic carbocycles. The first-order valence-corrected chi connectivity index (χ1v) is 11.6. The van der Waals surface area contributed by atoms with Gasteiger partial charge in [0.2, 0.25) is 0 Å². The Labute approximate surface area is 152 Å². The molecule has 1 fully saturated rings. The van der Waals surface area contributed by atoms with Crippen molar-refractivity contribution in [3.05, 3.63) is 54.1 Å². The van der Waals surface area contributed by atoms with Crippen LogP contribution in [-0.4, -0.2) is 18.9 Å². The molecule has 2 aromatic carbocycles. The molecule has 0 saturated heterocycles. The minimum Gasteiger partial charge on any atom is -0.280 e. The number of anilines is 1. The molecule has 1 aliphatic rings. The molecule has 0 aliphatic heterocycles. The minimum absolute atomic E-state index is 0.259. The van der Waals surface area contributed by atoms with E-state index in [-0.39, 0.29) is 4.90 Å². The van der Waals surface area contributed by atoms with Crippen LogP contribution in [0.4, 0.5) is 5.69 Å². The molecule has 1 saturated carbocycles. The number of hydrogen-bond donors (Lipinski definition) is 1. The van der Waals surface area contributed by atoms with Gasteiger partial charge in [0, 0.05) is 27.6 Å². The third kappa shape index (κ3) is 4.50. The van der Waals surface area contributed by atoms with Crippen LogP contribution in [0.15, 0.2) is 58.3 Å². The third-order valence-corrected chi connectivity index (χ3v) is 7.04. The maximum absolute atomic E-state index is 12.5. The Morgan fingerprint density at radius 3 is 2.08 bits per heavy atom. The summed E-state index contributed by atoms with van der Waals surface area (Å²) in [5, 5.41) is 0. The Hall–Kier alpha value is -1.66. The lowest BCUT2D eigenvalue weighted by Gasteiger charge is -2.22. The van der Waals surface area contributed by atoms with Gasteiger partial charge >= 0.3 is 0 Å². The molecule has 0 radical (unpaired) electrons. The molecular formula is C19H23NO3S2. The number of nitrogens with one attached hydrogen (secondary N) is 1. The van der Waals surface area contributed by atoms with Crippen LogP contribution in [0.25, 0.3) is 0 Å². The predicted molar refractivity (Wildman–Crippen MR) is 102 cm³/mol. The minimum atomic E-state index is -3.62. The summed E-state index contributed by atoms with van der Waals surface area (Å²) >= 11 is 0. The Bertz CT molecular complexity index is 837. The molecule has 0 unspecified atom stereocenters. The van der Waals surface area contributed by atoms with Gasteiger partial charge in [-0.05, 0) is 60.7 Å². The van der Waals surface area contributed by atoms with Crippen molar-refractivity contribution in [2.24, 2.45) is 0 Å².